The molecule has 0 aliphatic rings. The first-order chi connectivity index (χ1) is 21.2. The summed E-state index contributed by atoms with van der Waals surface area (Å²) in [7, 11) is -4.05. The Morgan fingerprint density at radius 1 is 0.795 bits per heavy atom. The minimum atomic E-state index is -4.05. The molecule has 0 unspecified atom stereocenters. The lowest BCUT2D eigenvalue weighted by Gasteiger charge is -2.36. The highest BCUT2D eigenvalue weighted by atomic mass is 32.2. The van der Waals surface area contributed by atoms with E-state index >= 15 is 0 Å². The number of rotatable bonds is 9. The summed E-state index contributed by atoms with van der Waals surface area (Å²) in [5.74, 6) is 0.0384. The van der Waals surface area contributed by atoms with Gasteiger partial charge in [-0.1, -0.05) is 116 Å². The SMILES string of the molecule is Cc1ccc(S(=O)(=O)N(/C=C(/c2cc3ccccc3o2)[C@](O)(c2ccc3ccccc3c2)C(C)C)Cc2ccccc2)cc1. The molecular weight excluding hydrogens is 566 g/mol. The molecule has 1 aromatic heterocycles. The molecule has 5 nitrogen and oxygen atoms in total. The maximum Gasteiger partial charge on any atom is 0.264 e. The Morgan fingerprint density at radius 2 is 1.43 bits per heavy atom. The summed E-state index contributed by atoms with van der Waals surface area (Å²) in [5.41, 5.74) is 1.80. The Balaban J connectivity index is 1.62. The number of benzene rings is 5. The summed E-state index contributed by atoms with van der Waals surface area (Å²) in [6.45, 7) is 5.85. The topological polar surface area (TPSA) is 70.8 Å². The van der Waals surface area contributed by atoms with Crippen molar-refractivity contribution >= 4 is 37.3 Å². The molecule has 6 aromatic rings. The van der Waals surface area contributed by atoms with Crippen molar-refractivity contribution in [2.24, 2.45) is 5.92 Å². The van der Waals surface area contributed by atoms with Crippen LogP contribution in [-0.2, 0) is 22.2 Å². The van der Waals surface area contributed by atoms with Gasteiger partial charge in [-0.05, 0) is 65.1 Å². The van der Waals surface area contributed by atoms with E-state index in [4.69, 9.17) is 4.42 Å². The number of furan rings is 1. The molecular formula is C38H35NO4S. The Hall–Kier alpha value is -4.65. The van der Waals surface area contributed by atoms with E-state index in [-0.39, 0.29) is 17.4 Å². The smallest absolute Gasteiger partial charge is 0.264 e. The Labute approximate surface area is 258 Å². The molecule has 6 rings (SSSR count). The van der Waals surface area contributed by atoms with E-state index in [0.717, 1.165) is 27.3 Å². The fourth-order valence-corrected chi connectivity index (χ4v) is 6.96. The first-order valence-corrected chi connectivity index (χ1v) is 16.2. The van der Waals surface area contributed by atoms with Gasteiger partial charge >= 0.3 is 0 Å². The highest BCUT2D eigenvalue weighted by Crippen LogP contribution is 2.45. The number of sulfonamides is 1. The molecule has 222 valence electrons. The lowest BCUT2D eigenvalue weighted by atomic mass is 9.76. The second-order valence-corrected chi connectivity index (χ2v) is 13.4. The molecule has 0 aliphatic carbocycles. The molecule has 5 aromatic carbocycles. The fraction of sp³-hybridized carbons (Fsp3) is 0.158. The van der Waals surface area contributed by atoms with Crippen LogP contribution in [0.5, 0.6) is 0 Å². The van der Waals surface area contributed by atoms with Crippen molar-refractivity contribution in [3.05, 3.63) is 156 Å². The average Bonchev–Trinajstić information content (AvgIpc) is 3.47. The molecule has 0 saturated heterocycles. The third-order valence-electron chi connectivity index (χ3n) is 8.21. The zero-order valence-corrected chi connectivity index (χ0v) is 25.8. The van der Waals surface area contributed by atoms with Gasteiger partial charge < -0.3 is 9.52 Å². The normalized spacial score (nSPS) is 13.8. The van der Waals surface area contributed by atoms with Gasteiger partial charge in [0.05, 0.1) is 11.4 Å². The van der Waals surface area contributed by atoms with Crippen LogP contribution in [0.3, 0.4) is 0 Å². The molecule has 0 bridgehead atoms. The Morgan fingerprint density at radius 3 is 2.11 bits per heavy atom. The van der Waals surface area contributed by atoms with Crippen LogP contribution in [0.1, 0.15) is 36.3 Å². The van der Waals surface area contributed by atoms with E-state index in [0.29, 0.717) is 22.5 Å². The van der Waals surface area contributed by atoms with Gasteiger partial charge in [-0.15, -0.1) is 0 Å². The molecule has 0 radical (unpaired) electrons. The van der Waals surface area contributed by atoms with Crippen LogP contribution in [0, 0.1) is 12.8 Å². The van der Waals surface area contributed by atoms with Gasteiger partial charge in [-0.3, -0.25) is 4.31 Å². The summed E-state index contributed by atoms with van der Waals surface area (Å²) >= 11 is 0. The number of fused-ring (bicyclic) bond motifs is 2. The first kappa shape index (κ1) is 29.4. The van der Waals surface area contributed by atoms with E-state index in [1.54, 1.807) is 30.5 Å². The standard InChI is InChI=1S/C38H35NO4S/c1-27(2)38(40,33-20-19-30-13-7-8-14-31(30)23-33)35(37-24-32-15-9-10-16-36(32)43-37)26-39(25-29-11-5-4-6-12-29)44(41,42)34-21-17-28(3)18-22-34/h4-24,26-27,40H,25H2,1-3H3/b35-26-/t38-/m1/s1. The van der Waals surface area contributed by atoms with Crippen LogP contribution in [0.25, 0.3) is 27.3 Å². The quantitative estimate of drug-likeness (QED) is 0.180. The number of para-hydroxylation sites is 1. The molecule has 1 atom stereocenters. The summed E-state index contributed by atoms with van der Waals surface area (Å²) in [6, 6.07) is 39.6. The van der Waals surface area contributed by atoms with Crippen molar-refractivity contribution < 1.29 is 17.9 Å². The largest absolute Gasteiger partial charge is 0.456 e. The van der Waals surface area contributed by atoms with Crippen LogP contribution >= 0.6 is 0 Å². The third-order valence-corrected chi connectivity index (χ3v) is 9.93. The van der Waals surface area contributed by atoms with Crippen LogP contribution < -0.4 is 0 Å². The second-order valence-electron chi connectivity index (χ2n) is 11.5. The molecule has 0 amide bonds. The van der Waals surface area contributed by atoms with Crippen LogP contribution in [0.4, 0.5) is 0 Å². The lowest BCUT2D eigenvalue weighted by molar-refractivity contribution is 0.0487. The zero-order valence-electron chi connectivity index (χ0n) is 25.0. The summed E-state index contributed by atoms with van der Waals surface area (Å²) in [5, 5.41) is 15.8. The summed E-state index contributed by atoms with van der Waals surface area (Å²) < 4.78 is 36.4. The van der Waals surface area contributed by atoms with E-state index in [1.165, 1.54) is 4.31 Å². The number of aliphatic hydroxyl groups is 1. The van der Waals surface area contributed by atoms with E-state index in [1.807, 2.05) is 124 Å². The second kappa shape index (κ2) is 11.8. The maximum atomic E-state index is 14.4. The van der Waals surface area contributed by atoms with Gasteiger partial charge in [0, 0.05) is 17.2 Å². The van der Waals surface area contributed by atoms with Crippen molar-refractivity contribution in [1.29, 1.82) is 0 Å². The monoisotopic (exact) mass is 601 g/mol. The Kier molecular flexibility index (Phi) is 7.89. The average molecular weight is 602 g/mol. The molecule has 1 N–H and O–H groups in total. The zero-order chi connectivity index (χ0) is 30.9. The fourth-order valence-electron chi connectivity index (χ4n) is 5.64. The minimum absolute atomic E-state index is 0.0622. The van der Waals surface area contributed by atoms with Gasteiger partial charge in [-0.25, -0.2) is 8.42 Å². The lowest BCUT2D eigenvalue weighted by Crippen LogP contribution is -2.36. The summed E-state index contributed by atoms with van der Waals surface area (Å²) in [6.07, 6.45) is 1.56. The highest BCUT2D eigenvalue weighted by molar-refractivity contribution is 7.89. The molecule has 0 saturated carbocycles. The van der Waals surface area contributed by atoms with E-state index < -0.39 is 15.6 Å². The number of hydrogen-bond acceptors (Lipinski definition) is 4. The van der Waals surface area contributed by atoms with Crippen molar-refractivity contribution in [2.75, 3.05) is 0 Å². The molecule has 6 heteroatoms. The minimum Gasteiger partial charge on any atom is -0.456 e. The predicted octanol–water partition coefficient (Wildman–Crippen LogP) is 8.67. The van der Waals surface area contributed by atoms with Gasteiger partial charge in [0.15, 0.2) is 0 Å². The van der Waals surface area contributed by atoms with E-state index in [2.05, 4.69) is 0 Å². The molecule has 1 heterocycles. The van der Waals surface area contributed by atoms with Gasteiger partial charge in [0.2, 0.25) is 0 Å². The molecule has 44 heavy (non-hydrogen) atoms. The van der Waals surface area contributed by atoms with Crippen molar-refractivity contribution in [1.82, 2.24) is 4.31 Å². The number of nitrogens with zero attached hydrogens (tertiary/aromatic N) is 1. The third kappa shape index (κ3) is 5.54. The van der Waals surface area contributed by atoms with Gasteiger partial charge in [0.25, 0.3) is 10.0 Å². The van der Waals surface area contributed by atoms with Crippen LogP contribution in [0.15, 0.2) is 143 Å². The number of hydrogen-bond donors (Lipinski definition) is 1. The van der Waals surface area contributed by atoms with Gasteiger partial charge in [0.1, 0.15) is 16.9 Å². The van der Waals surface area contributed by atoms with Crippen LogP contribution in [-0.4, -0.2) is 17.8 Å². The summed E-state index contributed by atoms with van der Waals surface area (Å²) in [4.78, 5) is 0.165. The molecule has 0 spiro atoms. The Bertz CT molecular complexity index is 2030. The first-order valence-electron chi connectivity index (χ1n) is 14.7. The van der Waals surface area contributed by atoms with Crippen molar-refractivity contribution in [3.63, 3.8) is 0 Å². The number of aryl methyl sites for hydroxylation is 1. The van der Waals surface area contributed by atoms with E-state index in [9.17, 15) is 13.5 Å². The van der Waals surface area contributed by atoms with Crippen molar-refractivity contribution in [2.45, 2.75) is 37.8 Å². The van der Waals surface area contributed by atoms with Gasteiger partial charge in [-0.2, -0.15) is 0 Å². The predicted molar refractivity (Wildman–Crippen MR) is 177 cm³/mol. The van der Waals surface area contributed by atoms with Crippen LogP contribution in [0.2, 0.25) is 0 Å². The molecule has 0 aliphatic heterocycles. The highest BCUT2D eigenvalue weighted by Gasteiger charge is 2.41. The van der Waals surface area contributed by atoms with Crippen molar-refractivity contribution in [3.8, 4) is 0 Å². The maximum absolute atomic E-state index is 14.4. The molecule has 0 fully saturated rings.